The summed E-state index contributed by atoms with van der Waals surface area (Å²) < 4.78 is 45.5. The van der Waals surface area contributed by atoms with Gasteiger partial charge in [-0.1, -0.05) is 61.0 Å². The zero-order valence-corrected chi connectivity index (χ0v) is 27.9. The maximum absolute atomic E-state index is 13.8. The first kappa shape index (κ1) is 33.6. The van der Waals surface area contributed by atoms with Crippen molar-refractivity contribution in [1.29, 1.82) is 0 Å². The van der Waals surface area contributed by atoms with Gasteiger partial charge in [-0.25, -0.2) is 0 Å². The van der Waals surface area contributed by atoms with Crippen molar-refractivity contribution in [3.63, 3.8) is 0 Å². The van der Waals surface area contributed by atoms with E-state index in [1.54, 1.807) is 0 Å². The van der Waals surface area contributed by atoms with Crippen molar-refractivity contribution in [3.8, 4) is 11.1 Å². The minimum atomic E-state index is -4.49. The monoisotopic (exact) mass is 674 g/mol. The maximum atomic E-state index is 13.8. The molecule has 0 aromatic heterocycles. The molecular formula is C39H45F3N4O3. The van der Waals surface area contributed by atoms with Gasteiger partial charge in [0.15, 0.2) is 0 Å². The molecule has 2 saturated heterocycles. The highest BCUT2D eigenvalue weighted by molar-refractivity contribution is 6.00. The zero-order valence-electron chi connectivity index (χ0n) is 27.9. The van der Waals surface area contributed by atoms with Crippen molar-refractivity contribution in [2.75, 3.05) is 63.9 Å². The second-order valence-electron chi connectivity index (χ2n) is 13.9. The van der Waals surface area contributed by atoms with Crippen molar-refractivity contribution in [2.24, 2.45) is 0 Å². The molecule has 7 nitrogen and oxygen atoms in total. The summed E-state index contributed by atoms with van der Waals surface area (Å²) in [6, 6.07) is 21.5. The number of amides is 2. The Morgan fingerprint density at radius 2 is 1.59 bits per heavy atom. The Bertz CT molecular complexity index is 1620. The molecule has 0 spiro atoms. The third-order valence-electron chi connectivity index (χ3n) is 10.9. The predicted octanol–water partition coefficient (Wildman–Crippen LogP) is 6.19. The molecule has 2 fully saturated rings. The van der Waals surface area contributed by atoms with E-state index in [1.807, 2.05) is 53.4 Å². The number of anilines is 1. The molecule has 49 heavy (non-hydrogen) atoms. The minimum Gasteiger partial charge on any atom is -0.376 e. The Hall–Kier alpha value is -3.89. The highest BCUT2D eigenvalue weighted by atomic mass is 19.4. The minimum absolute atomic E-state index is 0.105. The number of rotatable bonds is 10. The van der Waals surface area contributed by atoms with Crippen LogP contribution in [0.4, 0.5) is 18.9 Å². The normalized spacial score (nSPS) is 20.5. The molecule has 3 heterocycles. The molecule has 7 rings (SSSR count). The van der Waals surface area contributed by atoms with E-state index >= 15 is 0 Å². The van der Waals surface area contributed by atoms with Crippen LogP contribution in [0.15, 0.2) is 66.7 Å². The van der Waals surface area contributed by atoms with Gasteiger partial charge in [0.05, 0.1) is 6.10 Å². The number of unbranched alkanes of at least 4 members (excludes halogenated alkanes) is 1. The molecule has 1 unspecified atom stereocenters. The molecule has 4 aliphatic rings. The van der Waals surface area contributed by atoms with Crippen molar-refractivity contribution in [2.45, 2.75) is 62.6 Å². The summed E-state index contributed by atoms with van der Waals surface area (Å²) >= 11 is 0. The van der Waals surface area contributed by atoms with Crippen LogP contribution in [0.3, 0.4) is 0 Å². The summed E-state index contributed by atoms with van der Waals surface area (Å²) in [5.41, 5.74) is 5.21. The molecule has 0 saturated carbocycles. The topological polar surface area (TPSA) is 65.1 Å². The number of piperazine rings is 1. The molecule has 1 aliphatic carbocycles. The van der Waals surface area contributed by atoms with Crippen LogP contribution in [-0.4, -0.2) is 92.9 Å². The fraction of sp³-hybridized carbons (Fsp3) is 0.487. The second-order valence-corrected chi connectivity index (χ2v) is 13.9. The lowest BCUT2D eigenvalue weighted by atomic mass is 9.73. The van der Waals surface area contributed by atoms with Gasteiger partial charge in [-0.05, 0) is 85.0 Å². The van der Waals surface area contributed by atoms with Crippen LogP contribution in [0.5, 0.6) is 0 Å². The van der Waals surface area contributed by atoms with E-state index in [4.69, 9.17) is 4.74 Å². The number of nitrogens with zero attached hydrogens (tertiary/aromatic N) is 3. The number of fused-ring (bicyclic) bond motifs is 4. The number of alkyl halides is 3. The summed E-state index contributed by atoms with van der Waals surface area (Å²) in [6.07, 6.45) is 1.73. The van der Waals surface area contributed by atoms with Gasteiger partial charge in [-0.3, -0.25) is 14.5 Å². The molecule has 3 aromatic carbocycles. The standard InChI is InChI=1S/C39H45F3N4O3/c40-39(41,42)27-43-37(48)38(34-12-3-1-10-31(34)32-11-2-4-13-35(32)38)17-6-7-18-44-20-22-45(23-21-44)29-15-14-28-16-19-46(36(47)33(28)25-29)26-30-9-5-8-24-49-30/h1-4,10-15,25,30H,5-9,16-24,26-27H2,(H,43,48). The molecule has 10 heteroatoms. The van der Waals surface area contributed by atoms with Crippen LogP contribution < -0.4 is 10.2 Å². The van der Waals surface area contributed by atoms with E-state index in [0.717, 1.165) is 117 Å². The fourth-order valence-corrected chi connectivity index (χ4v) is 8.32. The van der Waals surface area contributed by atoms with E-state index in [1.165, 1.54) is 0 Å². The van der Waals surface area contributed by atoms with E-state index in [0.29, 0.717) is 19.4 Å². The van der Waals surface area contributed by atoms with Crippen LogP contribution in [-0.2, 0) is 21.4 Å². The van der Waals surface area contributed by atoms with Crippen molar-refractivity contribution < 1.29 is 27.5 Å². The van der Waals surface area contributed by atoms with Gasteiger partial charge in [-0.2, -0.15) is 13.2 Å². The highest BCUT2D eigenvalue weighted by Gasteiger charge is 2.49. The third kappa shape index (κ3) is 6.95. The number of benzene rings is 3. The molecule has 1 atom stereocenters. The number of halogens is 3. The van der Waals surface area contributed by atoms with Crippen LogP contribution in [0, 0.1) is 0 Å². The van der Waals surface area contributed by atoms with E-state index in [9.17, 15) is 22.8 Å². The summed E-state index contributed by atoms with van der Waals surface area (Å²) in [5, 5.41) is 2.23. The molecule has 260 valence electrons. The molecule has 2 amide bonds. The Kier molecular flexibility index (Phi) is 9.70. The van der Waals surface area contributed by atoms with Gasteiger partial charge < -0.3 is 19.9 Å². The SMILES string of the molecule is O=C1c2cc(N3CCN(CCCCC4(C(=O)NCC(F)(F)F)c5ccccc5-c5ccccc54)CC3)ccc2CCN1CC1CCCCO1. The average molecular weight is 675 g/mol. The first-order valence-corrected chi connectivity index (χ1v) is 17.8. The number of carbonyl (C=O) groups excluding carboxylic acids is 2. The average Bonchev–Trinajstić information content (AvgIpc) is 3.41. The number of carbonyl (C=O) groups is 2. The van der Waals surface area contributed by atoms with Crippen LogP contribution in [0.1, 0.15) is 65.6 Å². The summed E-state index contributed by atoms with van der Waals surface area (Å²) in [5.74, 6) is -0.488. The van der Waals surface area contributed by atoms with Gasteiger partial charge in [0, 0.05) is 57.1 Å². The lowest BCUT2D eigenvalue weighted by molar-refractivity contribution is -0.141. The summed E-state index contributed by atoms with van der Waals surface area (Å²) in [7, 11) is 0. The molecule has 1 N–H and O–H groups in total. The second kappa shape index (κ2) is 14.2. The summed E-state index contributed by atoms with van der Waals surface area (Å²) in [4.78, 5) is 34.0. The van der Waals surface area contributed by atoms with E-state index in [-0.39, 0.29) is 12.0 Å². The molecule has 0 radical (unpaired) electrons. The Labute approximate surface area is 286 Å². The van der Waals surface area contributed by atoms with Crippen molar-refractivity contribution in [1.82, 2.24) is 15.1 Å². The number of hydrogen-bond donors (Lipinski definition) is 1. The largest absolute Gasteiger partial charge is 0.405 e. The van der Waals surface area contributed by atoms with Crippen LogP contribution in [0.2, 0.25) is 0 Å². The smallest absolute Gasteiger partial charge is 0.376 e. The molecule has 0 bridgehead atoms. The van der Waals surface area contributed by atoms with E-state index in [2.05, 4.69) is 33.3 Å². The molecular weight excluding hydrogens is 629 g/mol. The molecule has 3 aromatic rings. The zero-order chi connectivity index (χ0) is 34.0. The lowest BCUT2D eigenvalue weighted by Gasteiger charge is -2.37. The summed E-state index contributed by atoms with van der Waals surface area (Å²) in [6.45, 7) is 5.12. The highest BCUT2D eigenvalue weighted by Crippen LogP contribution is 2.51. The number of hydrogen-bond acceptors (Lipinski definition) is 5. The number of ether oxygens (including phenoxy) is 1. The van der Waals surface area contributed by atoms with Gasteiger partial charge >= 0.3 is 6.18 Å². The van der Waals surface area contributed by atoms with Crippen LogP contribution in [0.25, 0.3) is 11.1 Å². The predicted molar refractivity (Wildman–Crippen MR) is 184 cm³/mol. The van der Waals surface area contributed by atoms with Gasteiger partial charge in [0.2, 0.25) is 5.91 Å². The van der Waals surface area contributed by atoms with Crippen molar-refractivity contribution in [3.05, 3.63) is 89.0 Å². The molecule has 3 aliphatic heterocycles. The van der Waals surface area contributed by atoms with Gasteiger partial charge in [0.25, 0.3) is 5.91 Å². The first-order valence-electron chi connectivity index (χ1n) is 17.8. The Morgan fingerprint density at radius 3 is 2.27 bits per heavy atom. The van der Waals surface area contributed by atoms with Crippen molar-refractivity contribution >= 4 is 17.5 Å². The first-order chi connectivity index (χ1) is 23.7. The Balaban J connectivity index is 0.961. The quantitative estimate of drug-likeness (QED) is 0.260. The lowest BCUT2D eigenvalue weighted by Crippen LogP contribution is -2.48. The van der Waals surface area contributed by atoms with Gasteiger partial charge in [0.1, 0.15) is 12.0 Å². The third-order valence-corrected chi connectivity index (χ3v) is 10.9. The maximum Gasteiger partial charge on any atom is 0.405 e. The fourth-order valence-electron chi connectivity index (χ4n) is 8.32. The Morgan fingerprint density at radius 1 is 0.878 bits per heavy atom. The number of nitrogens with one attached hydrogen (secondary N) is 1. The van der Waals surface area contributed by atoms with Gasteiger partial charge in [-0.15, -0.1) is 0 Å². The van der Waals surface area contributed by atoms with E-state index < -0.39 is 24.0 Å². The van der Waals surface area contributed by atoms with Crippen LogP contribution >= 0.6 is 0 Å².